The van der Waals surface area contributed by atoms with Crippen LogP contribution in [0.15, 0.2) is 12.1 Å². The van der Waals surface area contributed by atoms with Gasteiger partial charge in [0.05, 0.1) is 15.6 Å². The smallest absolute Gasteiger partial charge is 0.166 e. The second-order valence-corrected chi connectivity index (χ2v) is 3.49. The Bertz CT molecular complexity index is 309. The van der Waals surface area contributed by atoms with E-state index >= 15 is 0 Å². The van der Waals surface area contributed by atoms with Crippen LogP contribution in [-0.4, -0.2) is 0 Å². The summed E-state index contributed by atoms with van der Waals surface area (Å²) >= 11 is 16.1. The summed E-state index contributed by atoms with van der Waals surface area (Å²) in [6, 6.07) is 2.00. The van der Waals surface area contributed by atoms with Gasteiger partial charge in [-0.05, 0) is 12.1 Å². The minimum absolute atomic E-state index is 0.0722. The molecule has 0 aliphatic carbocycles. The van der Waals surface area contributed by atoms with Crippen LogP contribution in [0, 0.1) is 0 Å². The van der Waals surface area contributed by atoms with Crippen LogP contribution in [0.25, 0.3) is 0 Å². The summed E-state index contributed by atoms with van der Waals surface area (Å²) in [5.74, 6) is 0. The maximum absolute atomic E-state index is 12.2. The minimum Gasteiger partial charge on any atom is -0.166 e. The van der Waals surface area contributed by atoms with E-state index in [1.54, 1.807) is 0 Å². The van der Waals surface area contributed by atoms with E-state index in [0.29, 0.717) is 0 Å². The van der Waals surface area contributed by atoms with Gasteiger partial charge in [0.1, 0.15) is 0 Å². The summed E-state index contributed by atoms with van der Waals surface area (Å²) in [7, 11) is 0. The summed E-state index contributed by atoms with van der Waals surface area (Å²) in [5, 5.41) is -0.919. The maximum atomic E-state index is 12.2. The fourth-order valence-corrected chi connectivity index (χ4v) is 1.84. The van der Waals surface area contributed by atoms with Crippen molar-refractivity contribution in [2.45, 2.75) is 6.18 Å². The fraction of sp³-hybridized carbons (Fsp3) is 0.143. The van der Waals surface area contributed by atoms with Gasteiger partial charge in [0.25, 0.3) is 0 Å². The Morgan fingerprint density at radius 1 is 0.923 bits per heavy atom. The van der Waals surface area contributed by atoms with Crippen LogP contribution < -0.4 is 0 Å². The molecular formula is C7H2Cl3F3. The van der Waals surface area contributed by atoms with Gasteiger partial charge >= 0.3 is 6.18 Å². The van der Waals surface area contributed by atoms with Crippen molar-refractivity contribution in [1.29, 1.82) is 0 Å². The molecule has 1 aromatic carbocycles. The average molecular weight is 249 g/mol. The van der Waals surface area contributed by atoms with Crippen LogP contribution in [0.4, 0.5) is 13.2 Å². The Kier molecular flexibility index (Phi) is 3.00. The molecule has 0 atom stereocenters. The highest BCUT2D eigenvalue weighted by Gasteiger charge is 2.35. The summed E-state index contributed by atoms with van der Waals surface area (Å²) in [5.41, 5.74) is -1.06. The first-order valence-corrected chi connectivity index (χ1v) is 4.17. The lowest BCUT2D eigenvalue weighted by Crippen LogP contribution is -2.06. The molecule has 0 amide bonds. The maximum Gasteiger partial charge on any atom is 0.419 e. The van der Waals surface area contributed by atoms with Crippen molar-refractivity contribution in [2.75, 3.05) is 0 Å². The second-order valence-electron chi connectivity index (χ2n) is 2.24. The zero-order valence-corrected chi connectivity index (χ0v) is 8.19. The third-order valence-electron chi connectivity index (χ3n) is 1.29. The molecule has 1 aromatic rings. The van der Waals surface area contributed by atoms with Gasteiger partial charge < -0.3 is 0 Å². The largest absolute Gasteiger partial charge is 0.419 e. The normalized spacial score (nSPS) is 11.8. The van der Waals surface area contributed by atoms with E-state index in [2.05, 4.69) is 0 Å². The molecule has 0 fully saturated rings. The lowest BCUT2D eigenvalue weighted by atomic mass is 10.2. The lowest BCUT2D eigenvalue weighted by molar-refractivity contribution is -0.137. The predicted octanol–water partition coefficient (Wildman–Crippen LogP) is 4.67. The molecule has 0 unspecified atom stereocenters. The van der Waals surface area contributed by atoms with Gasteiger partial charge in [0, 0.05) is 5.02 Å². The molecule has 0 aromatic heterocycles. The van der Waals surface area contributed by atoms with E-state index in [4.69, 9.17) is 34.8 Å². The highest BCUT2D eigenvalue weighted by Crippen LogP contribution is 2.40. The van der Waals surface area contributed by atoms with Gasteiger partial charge in [0.2, 0.25) is 0 Å². The van der Waals surface area contributed by atoms with Crippen LogP contribution >= 0.6 is 34.8 Å². The quantitative estimate of drug-likeness (QED) is 0.627. The molecule has 0 radical (unpaired) electrons. The molecule has 0 saturated heterocycles. The molecule has 1 rings (SSSR count). The Balaban J connectivity index is 3.38. The monoisotopic (exact) mass is 248 g/mol. The molecule has 0 bridgehead atoms. The van der Waals surface area contributed by atoms with Crippen LogP contribution in [0.3, 0.4) is 0 Å². The van der Waals surface area contributed by atoms with E-state index in [1.807, 2.05) is 0 Å². The highest BCUT2D eigenvalue weighted by atomic mass is 35.5. The molecular weight excluding hydrogens is 247 g/mol. The van der Waals surface area contributed by atoms with E-state index in [1.165, 1.54) is 0 Å². The lowest BCUT2D eigenvalue weighted by Gasteiger charge is -2.10. The summed E-state index contributed by atoms with van der Waals surface area (Å²) < 4.78 is 36.7. The van der Waals surface area contributed by atoms with Gasteiger partial charge in [0.15, 0.2) is 0 Å². The third-order valence-corrected chi connectivity index (χ3v) is 2.10. The molecule has 0 saturated carbocycles. The molecule has 13 heavy (non-hydrogen) atoms. The number of hydrogen-bond donors (Lipinski definition) is 0. The van der Waals surface area contributed by atoms with Crippen molar-refractivity contribution in [2.24, 2.45) is 0 Å². The topological polar surface area (TPSA) is 0 Å². The first kappa shape index (κ1) is 11.0. The van der Waals surface area contributed by atoms with Crippen molar-refractivity contribution >= 4 is 34.8 Å². The number of halogens is 6. The first-order valence-electron chi connectivity index (χ1n) is 3.04. The van der Waals surface area contributed by atoms with Gasteiger partial charge in [-0.1, -0.05) is 34.8 Å². The molecule has 0 aliphatic heterocycles. The van der Waals surface area contributed by atoms with Gasteiger partial charge in [-0.3, -0.25) is 0 Å². The summed E-state index contributed by atoms with van der Waals surface area (Å²) in [4.78, 5) is 0. The zero-order chi connectivity index (χ0) is 10.2. The molecule has 0 N–H and O–H groups in total. The van der Waals surface area contributed by atoms with Crippen LogP contribution in [0.2, 0.25) is 15.1 Å². The molecule has 0 heterocycles. The first-order chi connectivity index (χ1) is 5.82. The number of benzene rings is 1. The van der Waals surface area contributed by atoms with Gasteiger partial charge in [-0.2, -0.15) is 13.2 Å². The van der Waals surface area contributed by atoms with E-state index in [0.717, 1.165) is 12.1 Å². The molecule has 0 aliphatic rings. The standard InChI is InChI=1S/C7H2Cl3F3/c8-3-1-4(9)6(5(10)2-3)7(11,12)13/h1-2H. The van der Waals surface area contributed by atoms with Gasteiger partial charge in [-0.25, -0.2) is 0 Å². The summed E-state index contributed by atoms with van der Waals surface area (Å²) in [6.45, 7) is 0. The minimum atomic E-state index is -4.56. The van der Waals surface area contributed by atoms with Crippen molar-refractivity contribution in [1.82, 2.24) is 0 Å². The SMILES string of the molecule is FC(F)(F)c1c(Cl)cc(Cl)cc1Cl. The van der Waals surface area contributed by atoms with Crippen molar-refractivity contribution in [3.63, 3.8) is 0 Å². The van der Waals surface area contributed by atoms with Crippen molar-refractivity contribution in [3.05, 3.63) is 32.8 Å². The molecule has 0 nitrogen and oxygen atoms in total. The molecule has 6 heteroatoms. The number of hydrogen-bond acceptors (Lipinski definition) is 0. The number of rotatable bonds is 0. The second kappa shape index (κ2) is 3.56. The van der Waals surface area contributed by atoms with E-state index in [9.17, 15) is 13.2 Å². The third kappa shape index (κ3) is 2.42. The molecule has 72 valence electrons. The van der Waals surface area contributed by atoms with Crippen molar-refractivity contribution in [3.8, 4) is 0 Å². The molecule has 0 spiro atoms. The Hall–Kier alpha value is -0.120. The highest BCUT2D eigenvalue weighted by molar-refractivity contribution is 6.39. The Labute approximate surface area is 87.2 Å². The van der Waals surface area contributed by atoms with E-state index < -0.39 is 21.8 Å². The Morgan fingerprint density at radius 2 is 1.31 bits per heavy atom. The van der Waals surface area contributed by atoms with Crippen molar-refractivity contribution < 1.29 is 13.2 Å². The van der Waals surface area contributed by atoms with Gasteiger partial charge in [-0.15, -0.1) is 0 Å². The zero-order valence-electron chi connectivity index (χ0n) is 5.92. The van der Waals surface area contributed by atoms with Crippen LogP contribution in [0.1, 0.15) is 5.56 Å². The predicted molar refractivity (Wildman–Crippen MR) is 46.5 cm³/mol. The summed E-state index contributed by atoms with van der Waals surface area (Å²) in [6.07, 6.45) is -4.56. The Morgan fingerprint density at radius 3 is 1.62 bits per heavy atom. The van der Waals surface area contributed by atoms with E-state index in [-0.39, 0.29) is 5.02 Å². The number of alkyl halides is 3. The van der Waals surface area contributed by atoms with Crippen LogP contribution in [-0.2, 0) is 6.18 Å². The fourth-order valence-electron chi connectivity index (χ4n) is 0.813. The average Bonchev–Trinajstić information content (AvgIpc) is 1.78. The van der Waals surface area contributed by atoms with Crippen LogP contribution in [0.5, 0.6) is 0 Å².